The molecule has 0 heterocycles. The van der Waals surface area contributed by atoms with Crippen molar-refractivity contribution >= 4 is 90.5 Å². The fourth-order valence-electron chi connectivity index (χ4n) is 0.305. The summed E-state index contributed by atoms with van der Waals surface area (Å²) in [6.07, 6.45) is 0. The van der Waals surface area contributed by atoms with Crippen molar-refractivity contribution in [2.75, 3.05) is 0 Å². The van der Waals surface area contributed by atoms with Crippen LogP contribution >= 0.6 is 90.5 Å². The van der Waals surface area contributed by atoms with Crippen LogP contribution in [0.1, 0.15) is 0 Å². The van der Waals surface area contributed by atoms with Crippen molar-refractivity contribution in [3.05, 3.63) is 0 Å². The third-order valence-corrected chi connectivity index (χ3v) is 46.1. The molecule has 0 bridgehead atoms. The molecule has 3 N–H and O–H groups in total. The molecule has 13 heavy (non-hydrogen) atoms. The van der Waals surface area contributed by atoms with Crippen LogP contribution in [0.5, 0.6) is 0 Å². The molecule has 82 valence electrons. The van der Waals surface area contributed by atoms with E-state index in [1.54, 1.807) is 0 Å². The monoisotopic (exact) mass is 387 g/mol. The SMILES string of the molecule is NPPP(PP(P)P)P(P)P.OP. The molecule has 0 rings (SSSR count). The lowest BCUT2D eigenvalue weighted by molar-refractivity contribution is 0.664. The van der Waals surface area contributed by atoms with E-state index in [-0.39, 0.29) is 21.0 Å². The number of hydrogen-bond donors (Lipinski definition) is 2. The zero-order chi connectivity index (χ0) is 10.9. The Labute approximate surface area is 101 Å². The third kappa shape index (κ3) is 14.6. The third-order valence-electron chi connectivity index (χ3n) is 0.612. The quantitative estimate of drug-likeness (QED) is 0.664. The Morgan fingerprint density at radius 1 is 1.08 bits per heavy atom. The topological polar surface area (TPSA) is 46.2 Å². The normalized spacial score (nSPS) is 15.5. The van der Waals surface area contributed by atoms with E-state index in [0.29, 0.717) is 8.42 Å². The highest BCUT2D eigenvalue weighted by Crippen LogP contribution is 3.03. The zero-order valence-electron chi connectivity index (χ0n) is 6.75. The Bertz CT molecular complexity index is 92.1. The fourth-order valence-corrected chi connectivity index (χ4v) is 64.2. The molecule has 9 atom stereocenters. The first-order valence-corrected chi connectivity index (χ1v) is 21.0. The van der Waals surface area contributed by atoms with E-state index >= 15 is 0 Å². The van der Waals surface area contributed by atoms with Crippen LogP contribution in [0.4, 0.5) is 0 Å². The smallest absolute Gasteiger partial charge is 0.00391 e. The van der Waals surface area contributed by atoms with Crippen molar-refractivity contribution in [1.82, 2.24) is 0 Å². The first-order valence-electron chi connectivity index (χ1n) is 2.70. The van der Waals surface area contributed by atoms with Crippen LogP contribution < -0.4 is 5.50 Å². The Morgan fingerprint density at radius 2 is 1.54 bits per heavy atom. The van der Waals surface area contributed by atoms with Crippen LogP contribution in [-0.2, 0) is 0 Å². The minimum absolute atomic E-state index is 0.137. The van der Waals surface area contributed by atoms with E-state index in [9.17, 15) is 0 Å². The molecule has 0 radical (unpaired) electrons. The first kappa shape index (κ1) is 20.0. The average molecular weight is 387 g/mol. The second-order valence-corrected chi connectivity index (χ2v) is 36.7. The lowest BCUT2D eigenvalue weighted by atomic mass is 13.9. The Balaban J connectivity index is 0. The summed E-state index contributed by atoms with van der Waals surface area (Å²) in [5.74, 6) is 0. The molecule has 0 aliphatic carbocycles. The lowest BCUT2D eigenvalue weighted by Gasteiger charge is -2.21. The predicted molar refractivity (Wildman–Crippen MR) is 101 cm³/mol. The highest BCUT2D eigenvalue weighted by atomic mass is 33.1. The standard InChI is InChI=1S/H13NP10.H3OP/c1-6-7-11(10(4)5)8-9(2)3;1-2/h6-8H,1-5H2;1H,2H2. The molecule has 0 saturated carbocycles. The van der Waals surface area contributed by atoms with E-state index in [2.05, 4.69) is 35.7 Å². The molecule has 0 aliphatic rings. The van der Waals surface area contributed by atoms with Gasteiger partial charge in [0.1, 0.15) is 0 Å². The van der Waals surface area contributed by atoms with Crippen molar-refractivity contribution in [3.63, 3.8) is 0 Å². The molecule has 0 aromatic rings. The van der Waals surface area contributed by atoms with Crippen molar-refractivity contribution in [1.29, 1.82) is 0 Å². The van der Waals surface area contributed by atoms with Gasteiger partial charge in [-0.3, -0.25) is 0 Å². The Morgan fingerprint density at radius 3 is 1.77 bits per heavy atom. The summed E-state index contributed by atoms with van der Waals surface area (Å²) < 4.78 is 0. The van der Waals surface area contributed by atoms with Crippen LogP contribution in [0.15, 0.2) is 0 Å². The predicted octanol–water partition coefficient (Wildman–Crippen LogP) is 4.85. The van der Waals surface area contributed by atoms with Gasteiger partial charge in [-0.2, -0.15) is 0 Å². The van der Waals surface area contributed by atoms with Crippen LogP contribution in [-0.4, -0.2) is 4.89 Å². The van der Waals surface area contributed by atoms with Crippen LogP contribution in [0, 0.1) is 0 Å². The van der Waals surface area contributed by atoms with Gasteiger partial charge in [-0.15, -0.1) is 35.7 Å². The van der Waals surface area contributed by atoms with Gasteiger partial charge < -0.3 is 10.4 Å². The van der Waals surface area contributed by atoms with E-state index in [0.717, 1.165) is 15.9 Å². The molecule has 0 saturated heterocycles. The largest absolute Gasteiger partial charge is 0.380 e. The van der Waals surface area contributed by atoms with Crippen LogP contribution in [0.2, 0.25) is 0 Å². The van der Waals surface area contributed by atoms with Gasteiger partial charge in [0.25, 0.3) is 0 Å². The van der Waals surface area contributed by atoms with E-state index < -0.39 is 0 Å². The number of rotatable bonds is 5. The van der Waals surface area contributed by atoms with Crippen molar-refractivity contribution in [2.24, 2.45) is 5.50 Å². The highest BCUT2D eigenvalue weighted by molar-refractivity contribution is 9.08. The lowest BCUT2D eigenvalue weighted by Crippen LogP contribution is -1.57. The summed E-state index contributed by atoms with van der Waals surface area (Å²) in [6.45, 7) is 0.550. The fraction of sp³-hybridized carbons (Fsp3) is 0. The maximum atomic E-state index is 6.92. The Hall–Kier alpha value is 4.65. The van der Waals surface area contributed by atoms with Gasteiger partial charge in [0.2, 0.25) is 0 Å². The van der Waals surface area contributed by atoms with E-state index in [1.165, 1.54) is 9.47 Å². The van der Waals surface area contributed by atoms with Gasteiger partial charge in [-0.1, -0.05) is 7.96 Å². The molecular weight excluding hydrogens is 371 g/mol. The Kier molecular flexibility index (Phi) is 22.6. The molecule has 0 spiro atoms. The summed E-state index contributed by atoms with van der Waals surface area (Å²) in [7, 11) is 16.0. The van der Waals surface area contributed by atoms with Crippen LogP contribution in [0.25, 0.3) is 0 Å². The molecule has 0 aromatic heterocycles. The minimum atomic E-state index is 0.137. The first-order chi connectivity index (χ1) is 6.07. The summed E-state index contributed by atoms with van der Waals surface area (Å²) >= 11 is 0. The number of hydrogen-bond acceptors (Lipinski definition) is 2. The van der Waals surface area contributed by atoms with Crippen molar-refractivity contribution < 1.29 is 4.89 Å². The number of nitrogens with two attached hydrogens (primary N) is 1. The van der Waals surface area contributed by atoms with Gasteiger partial charge in [0, 0.05) is 0 Å². The second-order valence-electron chi connectivity index (χ2n) is 1.46. The molecule has 13 heteroatoms. The second kappa shape index (κ2) is 14.7. The van der Waals surface area contributed by atoms with Gasteiger partial charge in [0.15, 0.2) is 0 Å². The maximum absolute atomic E-state index is 6.92. The van der Waals surface area contributed by atoms with Crippen molar-refractivity contribution in [2.45, 2.75) is 0 Å². The average Bonchev–Trinajstić information content (AvgIpc) is 2.06. The van der Waals surface area contributed by atoms with Gasteiger partial charge in [0.05, 0.1) is 0 Å². The summed E-state index contributed by atoms with van der Waals surface area (Å²) in [5.41, 5.74) is 5.59. The molecule has 0 aliphatic heterocycles. The molecule has 0 amide bonds. The minimum Gasteiger partial charge on any atom is -0.380 e. The zero-order valence-corrected chi connectivity index (χ0v) is 18.2. The molecule has 0 fully saturated rings. The van der Waals surface area contributed by atoms with Crippen molar-refractivity contribution in [3.8, 4) is 0 Å². The summed E-state index contributed by atoms with van der Waals surface area (Å²) in [4.78, 5) is 6.92. The van der Waals surface area contributed by atoms with Gasteiger partial charge in [-0.25, -0.2) is 0 Å². The van der Waals surface area contributed by atoms with E-state index in [4.69, 9.17) is 10.4 Å². The molecule has 0 aromatic carbocycles. The molecule has 9 unspecified atom stereocenters. The molecule has 2 nitrogen and oxygen atoms in total. The van der Waals surface area contributed by atoms with Gasteiger partial charge in [-0.05, 0) is 46.8 Å². The summed E-state index contributed by atoms with van der Waals surface area (Å²) in [5, 5.41) is 0. The van der Waals surface area contributed by atoms with Crippen LogP contribution in [0.3, 0.4) is 0 Å². The highest BCUT2D eigenvalue weighted by Gasteiger charge is 2.13. The van der Waals surface area contributed by atoms with Gasteiger partial charge >= 0.3 is 0 Å². The van der Waals surface area contributed by atoms with E-state index in [1.807, 2.05) is 0 Å². The summed E-state index contributed by atoms with van der Waals surface area (Å²) in [6, 6.07) is 0. The maximum Gasteiger partial charge on any atom is -0.00391 e. The molecular formula is H16NOP11.